The molecule has 0 aromatic heterocycles. The molecule has 0 spiro atoms. The Morgan fingerprint density at radius 3 is 1.95 bits per heavy atom. The molecule has 126 valence electrons. The van der Waals surface area contributed by atoms with Crippen LogP contribution in [0.5, 0.6) is 0 Å². The van der Waals surface area contributed by atoms with Crippen LogP contribution in [0.1, 0.15) is 41.5 Å². The minimum absolute atomic E-state index is 0.000732. The first-order valence-corrected chi connectivity index (χ1v) is 10.9. The largest absolute Gasteiger partial charge is 0.416 e. The molecule has 0 amide bonds. The molecule has 0 saturated heterocycles. The van der Waals surface area contributed by atoms with E-state index < -0.39 is 20.5 Å². The SMILES string of the molecule is C=C[C@@H](C)[C@H](O)[C@H](C)[C@@H](O)[C@H](C)CO[Si](C)(C)C(C)(C)C. The van der Waals surface area contributed by atoms with Crippen LogP contribution in [0.2, 0.25) is 18.1 Å². The number of aliphatic hydroxyl groups excluding tert-OH is 2. The molecule has 0 rings (SSSR count). The van der Waals surface area contributed by atoms with Gasteiger partial charge in [-0.3, -0.25) is 0 Å². The van der Waals surface area contributed by atoms with Crippen molar-refractivity contribution < 1.29 is 14.6 Å². The summed E-state index contributed by atoms with van der Waals surface area (Å²) >= 11 is 0. The zero-order valence-electron chi connectivity index (χ0n) is 15.2. The third-order valence-corrected chi connectivity index (χ3v) is 9.58. The number of hydrogen-bond donors (Lipinski definition) is 2. The quantitative estimate of drug-likeness (QED) is 0.528. The van der Waals surface area contributed by atoms with Crippen LogP contribution in [0.4, 0.5) is 0 Å². The van der Waals surface area contributed by atoms with Crippen molar-refractivity contribution in [1.82, 2.24) is 0 Å². The fourth-order valence-electron chi connectivity index (χ4n) is 1.99. The zero-order chi connectivity index (χ0) is 17.0. The van der Waals surface area contributed by atoms with Gasteiger partial charge in [-0.2, -0.15) is 0 Å². The van der Waals surface area contributed by atoms with Gasteiger partial charge >= 0.3 is 0 Å². The Hall–Kier alpha value is -0.163. The van der Waals surface area contributed by atoms with E-state index in [1.54, 1.807) is 6.08 Å². The molecule has 0 bridgehead atoms. The lowest BCUT2D eigenvalue weighted by atomic mass is 9.84. The van der Waals surface area contributed by atoms with Gasteiger partial charge in [0.25, 0.3) is 0 Å². The molecule has 0 aliphatic rings. The van der Waals surface area contributed by atoms with Gasteiger partial charge in [0.15, 0.2) is 8.32 Å². The molecule has 4 heteroatoms. The van der Waals surface area contributed by atoms with Crippen LogP contribution < -0.4 is 0 Å². The molecule has 0 heterocycles. The van der Waals surface area contributed by atoms with Gasteiger partial charge in [0, 0.05) is 24.4 Å². The first-order valence-electron chi connectivity index (χ1n) is 7.97. The first kappa shape index (κ1) is 20.8. The highest BCUT2D eigenvalue weighted by molar-refractivity contribution is 6.74. The lowest BCUT2D eigenvalue weighted by Crippen LogP contribution is -2.44. The first-order chi connectivity index (χ1) is 9.35. The van der Waals surface area contributed by atoms with Crippen LogP contribution in [-0.4, -0.2) is 37.3 Å². The van der Waals surface area contributed by atoms with E-state index in [1.165, 1.54) is 0 Å². The Balaban J connectivity index is 4.59. The van der Waals surface area contributed by atoms with Crippen LogP contribution in [0, 0.1) is 17.8 Å². The Morgan fingerprint density at radius 2 is 1.57 bits per heavy atom. The van der Waals surface area contributed by atoms with E-state index >= 15 is 0 Å². The lowest BCUT2D eigenvalue weighted by Gasteiger charge is -2.38. The van der Waals surface area contributed by atoms with Crippen LogP contribution in [0.15, 0.2) is 12.7 Å². The number of rotatable bonds is 8. The molecule has 2 N–H and O–H groups in total. The Kier molecular flexibility index (Phi) is 7.85. The number of aliphatic hydroxyl groups is 2. The molecule has 0 aliphatic carbocycles. The third kappa shape index (κ3) is 5.85. The average Bonchev–Trinajstić information content (AvgIpc) is 2.40. The second-order valence-corrected chi connectivity index (χ2v) is 12.8. The van der Waals surface area contributed by atoms with Gasteiger partial charge in [-0.15, -0.1) is 6.58 Å². The summed E-state index contributed by atoms with van der Waals surface area (Å²) in [5.74, 6) is -0.222. The van der Waals surface area contributed by atoms with Gasteiger partial charge in [-0.05, 0) is 18.1 Å². The molecule has 21 heavy (non-hydrogen) atoms. The highest BCUT2D eigenvalue weighted by Crippen LogP contribution is 2.37. The van der Waals surface area contributed by atoms with E-state index in [0.29, 0.717) is 6.61 Å². The van der Waals surface area contributed by atoms with Gasteiger partial charge in [-0.25, -0.2) is 0 Å². The lowest BCUT2D eigenvalue weighted by molar-refractivity contribution is -0.0299. The van der Waals surface area contributed by atoms with Crippen molar-refractivity contribution in [3.05, 3.63) is 12.7 Å². The number of hydrogen-bond acceptors (Lipinski definition) is 3. The van der Waals surface area contributed by atoms with E-state index in [9.17, 15) is 10.2 Å². The Labute approximate surface area is 132 Å². The maximum Gasteiger partial charge on any atom is 0.191 e. The van der Waals surface area contributed by atoms with E-state index in [0.717, 1.165) is 0 Å². The van der Waals surface area contributed by atoms with Crippen LogP contribution in [0.3, 0.4) is 0 Å². The summed E-state index contributed by atoms with van der Waals surface area (Å²) in [5, 5.41) is 20.8. The average molecular weight is 317 g/mol. The molecule has 3 nitrogen and oxygen atoms in total. The monoisotopic (exact) mass is 316 g/mol. The molecular weight excluding hydrogens is 280 g/mol. The van der Waals surface area contributed by atoms with Crippen molar-refractivity contribution >= 4 is 8.32 Å². The second kappa shape index (κ2) is 7.91. The van der Waals surface area contributed by atoms with E-state index in [1.807, 2.05) is 20.8 Å². The highest BCUT2D eigenvalue weighted by Gasteiger charge is 2.38. The minimum atomic E-state index is -1.79. The third-order valence-electron chi connectivity index (χ3n) is 5.08. The van der Waals surface area contributed by atoms with Gasteiger partial charge in [0.1, 0.15) is 0 Å². The molecule has 0 aromatic rings. The maximum absolute atomic E-state index is 10.4. The molecule has 0 saturated carbocycles. The van der Waals surface area contributed by atoms with Crippen molar-refractivity contribution in [2.45, 2.75) is 71.9 Å². The van der Waals surface area contributed by atoms with Crippen molar-refractivity contribution in [3.63, 3.8) is 0 Å². The van der Waals surface area contributed by atoms with Gasteiger partial charge < -0.3 is 14.6 Å². The van der Waals surface area contributed by atoms with Crippen molar-refractivity contribution in [3.8, 4) is 0 Å². The zero-order valence-corrected chi connectivity index (χ0v) is 16.2. The van der Waals surface area contributed by atoms with Crippen LogP contribution >= 0.6 is 0 Å². The molecule has 0 unspecified atom stereocenters. The van der Waals surface area contributed by atoms with Crippen molar-refractivity contribution in [2.75, 3.05) is 6.61 Å². The summed E-state index contributed by atoms with van der Waals surface area (Å²) < 4.78 is 6.17. The molecule has 0 aromatic carbocycles. The molecular formula is C17H36O3Si. The van der Waals surface area contributed by atoms with Crippen LogP contribution in [0.25, 0.3) is 0 Å². The normalized spacial score (nSPS) is 20.5. The maximum atomic E-state index is 10.4. The van der Waals surface area contributed by atoms with E-state index in [4.69, 9.17) is 4.43 Å². The van der Waals surface area contributed by atoms with Gasteiger partial charge in [0.05, 0.1) is 12.2 Å². The summed E-state index contributed by atoms with van der Waals surface area (Å²) in [6.45, 7) is 21.1. The topological polar surface area (TPSA) is 49.7 Å². The predicted octanol–water partition coefficient (Wildman–Crippen LogP) is 3.82. The van der Waals surface area contributed by atoms with Crippen molar-refractivity contribution in [2.24, 2.45) is 17.8 Å². The van der Waals surface area contributed by atoms with Gasteiger partial charge in [0.2, 0.25) is 0 Å². The fraction of sp³-hybridized carbons (Fsp3) is 0.882. The summed E-state index contributed by atoms with van der Waals surface area (Å²) in [6, 6.07) is 0. The summed E-state index contributed by atoms with van der Waals surface area (Å²) in [5.41, 5.74) is 0. The van der Waals surface area contributed by atoms with E-state index in [-0.39, 0.29) is 22.8 Å². The van der Waals surface area contributed by atoms with Gasteiger partial charge in [-0.1, -0.05) is 47.6 Å². The molecule has 0 fully saturated rings. The Morgan fingerprint density at radius 1 is 1.10 bits per heavy atom. The standard InChI is InChI=1S/C17H36O3Si/c1-10-12(2)15(18)14(4)16(19)13(3)11-20-21(8,9)17(5,6)7/h10,12-16,18-19H,1,11H2,2-9H3/t12-,13-,14+,15+,16+/m1/s1. The minimum Gasteiger partial charge on any atom is -0.416 e. The van der Waals surface area contributed by atoms with Crippen LogP contribution in [-0.2, 0) is 4.43 Å². The van der Waals surface area contributed by atoms with E-state index in [2.05, 4.69) is 40.4 Å². The molecule has 0 radical (unpaired) electrons. The predicted molar refractivity (Wildman–Crippen MR) is 92.9 cm³/mol. The fourth-order valence-corrected chi connectivity index (χ4v) is 3.11. The highest BCUT2D eigenvalue weighted by atomic mass is 28.4. The summed E-state index contributed by atoms with van der Waals surface area (Å²) in [4.78, 5) is 0. The molecule has 5 atom stereocenters. The molecule has 0 aliphatic heterocycles. The Bertz CT molecular complexity index is 322. The van der Waals surface area contributed by atoms with Crippen molar-refractivity contribution in [1.29, 1.82) is 0 Å². The summed E-state index contributed by atoms with van der Waals surface area (Å²) in [7, 11) is -1.79. The summed E-state index contributed by atoms with van der Waals surface area (Å²) in [6.07, 6.45) is 0.574. The second-order valence-electron chi connectivity index (χ2n) is 7.98. The smallest absolute Gasteiger partial charge is 0.191 e.